The van der Waals surface area contributed by atoms with Gasteiger partial charge >= 0.3 is 5.97 Å². The summed E-state index contributed by atoms with van der Waals surface area (Å²) >= 11 is 1.83. The predicted molar refractivity (Wildman–Crippen MR) is 68.2 cm³/mol. The van der Waals surface area contributed by atoms with Crippen LogP contribution in [0.2, 0.25) is 0 Å². The van der Waals surface area contributed by atoms with Crippen LogP contribution in [0.25, 0.3) is 0 Å². The molecule has 1 aromatic rings. The average Bonchev–Trinajstić information content (AvgIpc) is 2.73. The van der Waals surface area contributed by atoms with E-state index in [0.717, 1.165) is 37.3 Å². The monoisotopic (exact) mass is 257 g/mol. The molecule has 5 nitrogen and oxygen atoms in total. The Balaban J connectivity index is 2.18. The third kappa shape index (κ3) is 6.31. The summed E-state index contributed by atoms with van der Waals surface area (Å²) in [6, 6.07) is 0. The summed E-state index contributed by atoms with van der Waals surface area (Å²) in [7, 11) is 0. The first-order valence-electron chi connectivity index (χ1n) is 5.82. The van der Waals surface area contributed by atoms with Gasteiger partial charge in [-0.15, -0.1) is 5.10 Å². The van der Waals surface area contributed by atoms with Crippen LogP contribution in [0.3, 0.4) is 0 Å². The second-order valence-electron chi connectivity index (χ2n) is 3.92. The minimum Gasteiger partial charge on any atom is -0.481 e. The molecule has 96 valence electrons. The van der Waals surface area contributed by atoms with Gasteiger partial charge in [-0.2, -0.15) is 11.8 Å². The molecule has 17 heavy (non-hydrogen) atoms. The SMILES string of the molecule is CSCCCn1cc(CCCCC(=O)O)nn1. The lowest BCUT2D eigenvalue weighted by Crippen LogP contribution is -1.99. The molecule has 0 atom stereocenters. The number of unbranched alkanes of at least 4 members (excludes halogenated alkanes) is 1. The summed E-state index contributed by atoms with van der Waals surface area (Å²) in [6.07, 6.45) is 7.77. The molecule has 0 spiro atoms. The molecule has 0 unspecified atom stereocenters. The minimum absolute atomic E-state index is 0.238. The van der Waals surface area contributed by atoms with Crippen LogP contribution in [0.15, 0.2) is 6.20 Å². The van der Waals surface area contributed by atoms with Crippen molar-refractivity contribution in [3.63, 3.8) is 0 Å². The molecule has 0 aliphatic carbocycles. The highest BCUT2D eigenvalue weighted by atomic mass is 32.2. The van der Waals surface area contributed by atoms with E-state index < -0.39 is 5.97 Å². The number of carboxylic acids is 1. The first kappa shape index (κ1) is 14.0. The van der Waals surface area contributed by atoms with E-state index in [-0.39, 0.29) is 6.42 Å². The first-order chi connectivity index (χ1) is 8.22. The van der Waals surface area contributed by atoms with E-state index in [9.17, 15) is 4.79 Å². The zero-order valence-electron chi connectivity index (χ0n) is 10.1. The molecule has 0 saturated heterocycles. The van der Waals surface area contributed by atoms with Crippen molar-refractivity contribution in [3.05, 3.63) is 11.9 Å². The highest BCUT2D eigenvalue weighted by molar-refractivity contribution is 7.98. The Labute approximate surface area is 106 Å². The largest absolute Gasteiger partial charge is 0.481 e. The fourth-order valence-electron chi connectivity index (χ4n) is 1.52. The van der Waals surface area contributed by atoms with Crippen LogP contribution in [0.1, 0.15) is 31.4 Å². The smallest absolute Gasteiger partial charge is 0.303 e. The van der Waals surface area contributed by atoms with Crippen LogP contribution < -0.4 is 0 Å². The van der Waals surface area contributed by atoms with Gasteiger partial charge in [0.05, 0.1) is 5.69 Å². The van der Waals surface area contributed by atoms with Crippen molar-refractivity contribution in [2.24, 2.45) is 0 Å². The van der Waals surface area contributed by atoms with Crippen molar-refractivity contribution >= 4 is 17.7 Å². The van der Waals surface area contributed by atoms with E-state index in [0.29, 0.717) is 6.42 Å². The van der Waals surface area contributed by atoms with Crippen molar-refractivity contribution in [2.45, 2.75) is 38.6 Å². The first-order valence-corrected chi connectivity index (χ1v) is 7.21. The van der Waals surface area contributed by atoms with Gasteiger partial charge in [-0.3, -0.25) is 9.48 Å². The van der Waals surface area contributed by atoms with E-state index in [1.165, 1.54) is 0 Å². The Morgan fingerprint density at radius 3 is 3.00 bits per heavy atom. The van der Waals surface area contributed by atoms with E-state index in [1.54, 1.807) is 0 Å². The number of thioether (sulfide) groups is 1. The Hall–Kier alpha value is -1.04. The molecular formula is C11H19N3O2S. The van der Waals surface area contributed by atoms with Gasteiger partial charge in [0.15, 0.2) is 0 Å². The molecule has 0 radical (unpaired) electrons. The zero-order valence-corrected chi connectivity index (χ0v) is 10.9. The summed E-state index contributed by atoms with van der Waals surface area (Å²) in [4.78, 5) is 10.3. The maximum Gasteiger partial charge on any atom is 0.303 e. The molecule has 0 aliphatic heterocycles. The van der Waals surface area contributed by atoms with Gasteiger partial charge in [0.25, 0.3) is 0 Å². The van der Waals surface area contributed by atoms with Crippen molar-refractivity contribution in [1.29, 1.82) is 0 Å². The Kier molecular flexibility index (Phi) is 6.69. The van der Waals surface area contributed by atoms with Crippen molar-refractivity contribution in [3.8, 4) is 0 Å². The lowest BCUT2D eigenvalue weighted by Gasteiger charge is -1.97. The predicted octanol–water partition coefficient (Wildman–Crippen LogP) is 1.83. The Bertz CT molecular complexity index is 341. The quantitative estimate of drug-likeness (QED) is 0.683. The molecule has 1 heterocycles. The van der Waals surface area contributed by atoms with Gasteiger partial charge in [0.2, 0.25) is 0 Å². The lowest BCUT2D eigenvalue weighted by molar-refractivity contribution is -0.137. The second-order valence-corrected chi connectivity index (χ2v) is 4.91. The fourth-order valence-corrected chi connectivity index (χ4v) is 1.93. The topological polar surface area (TPSA) is 68.0 Å². The van der Waals surface area contributed by atoms with Gasteiger partial charge < -0.3 is 5.11 Å². The summed E-state index contributed by atoms with van der Waals surface area (Å²) in [5, 5.41) is 16.6. The van der Waals surface area contributed by atoms with Crippen molar-refractivity contribution in [2.75, 3.05) is 12.0 Å². The number of nitrogens with zero attached hydrogens (tertiary/aromatic N) is 3. The normalized spacial score (nSPS) is 10.6. The number of aromatic nitrogens is 3. The molecule has 0 bridgehead atoms. The maximum atomic E-state index is 10.3. The Morgan fingerprint density at radius 1 is 1.47 bits per heavy atom. The Morgan fingerprint density at radius 2 is 2.29 bits per heavy atom. The number of carbonyl (C=O) groups is 1. The fraction of sp³-hybridized carbons (Fsp3) is 0.727. The molecule has 1 rings (SSSR count). The van der Waals surface area contributed by atoms with Crippen LogP contribution in [0.5, 0.6) is 0 Å². The standard InChI is InChI=1S/C11H19N3O2S/c1-17-8-4-7-14-9-10(12-13-14)5-2-3-6-11(15)16/h9H,2-8H2,1H3,(H,15,16). The molecule has 1 aromatic heterocycles. The number of hydrogen-bond donors (Lipinski definition) is 1. The van der Waals surface area contributed by atoms with Crippen LogP contribution in [-0.4, -0.2) is 38.1 Å². The third-order valence-electron chi connectivity index (χ3n) is 2.40. The zero-order chi connectivity index (χ0) is 12.5. The number of aryl methyl sites for hydroxylation is 2. The van der Waals surface area contributed by atoms with Gasteiger partial charge in [0.1, 0.15) is 0 Å². The molecule has 0 aliphatic rings. The number of hydrogen-bond acceptors (Lipinski definition) is 4. The van der Waals surface area contributed by atoms with Gasteiger partial charge in [-0.1, -0.05) is 5.21 Å². The number of aliphatic carboxylic acids is 1. The lowest BCUT2D eigenvalue weighted by atomic mass is 10.1. The molecule has 6 heteroatoms. The molecule has 0 aromatic carbocycles. The molecular weight excluding hydrogens is 238 g/mol. The van der Waals surface area contributed by atoms with Crippen LogP contribution in [-0.2, 0) is 17.8 Å². The molecule has 0 saturated carbocycles. The van der Waals surface area contributed by atoms with Crippen LogP contribution in [0, 0.1) is 0 Å². The molecule has 0 fully saturated rings. The number of carboxylic acid groups (broad SMARTS) is 1. The highest BCUT2D eigenvalue weighted by Gasteiger charge is 2.02. The summed E-state index contributed by atoms with van der Waals surface area (Å²) < 4.78 is 1.86. The average molecular weight is 257 g/mol. The summed E-state index contributed by atoms with van der Waals surface area (Å²) in [5.41, 5.74) is 0.958. The third-order valence-corrected chi connectivity index (χ3v) is 3.09. The van der Waals surface area contributed by atoms with Crippen molar-refractivity contribution < 1.29 is 9.90 Å². The minimum atomic E-state index is -0.731. The summed E-state index contributed by atoms with van der Waals surface area (Å²) in [6.45, 7) is 0.906. The van der Waals surface area contributed by atoms with Gasteiger partial charge in [-0.25, -0.2) is 0 Å². The maximum absolute atomic E-state index is 10.3. The second kappa shape index (κ2) is 8.11. The van der Waals surface area contributed by atoms with Crippen molar-refractivity contribution in [1.82, 2.24) is 15.0 Å². The van der Waals surface area contributed by atoms with Crippen LogP contribution in [0.4, 0.5) is 0 Å². The van der Waals surface area contributed by atoms with E-state index in [4.69, 9.17) is 5.11 Å². The van der Waals surface area contributed by atoms with E-state index in [1.807, 2.05) is 22.6 Å². The van der Waals surface area contributed by atoms with E-state index in [2.05, 4.69) is 16.6 Å². The summed E-state index contributed by atoms with van der Waals surface area (Å²) in [5.74, 6) is 0.402. The molecule has 1 N–H and O–H groups in total. The van der Waals surface area contributed by atoms with Gasteiger partial charge in [-0.05, 0) is 37.7 Å². The van der Waals surface area contributed by atoms with E-state index >= 15 is 0 Å². The van der Waals surface area contributed by atoms with Crippen LogP contribution >= 0.6 is 11.8 Å². The van der Waals surface area contributed by atoms with Gasteiger partial charge in [0, 0.05) is 19.2 Å². The highest BCUT2D eigenvalue weighted by Crippen LogP contribution is 2.04. The number of rotatable bonds is 9. The molecule has 0 amide bonds.